The number of aliphatic hydroxyl groups is 1. The van der Waals surface area contributed by atoms with Crippen LogP contribution >= 0.6 is 0 Å². The number of fused-ring (bicyclic) bond motifs is 2. The molecule has 0 spiro atoms. The summed E-state index contributed by atoms with van der Waals surface area (Å²) in [6.45, 7) is 4.08. The highest BCUT2D eigenvalue weighted by atomic mass is 16.3. The van der Waals surface area contributed by atoms with Crippen molar-refractivity contribution in [1.82, 2.24) is 4.90 Å². The zero-order valence-electron chi connectivity index (χ0n) is 6.29. The SMILES string of the molecule is OCC1CN2CCCC1C2. The molecule has 1 N–H and O–H groups in total. The van der Waals surface area contributed by atoms with Crippen LogP contribution in [0.15, 0.2) is 0 Å². The van der Waals surface area contributed by atoms with E-state index in [0.29, 0.717) is 12.5 Å². The first kappa shape index (κ1) is 6.62. The summed E-state index contributed by atoms with van der Waals surface area (Å²) in [6.07, 6.45) is 2.70. The molecule has 10 heavy (non-hydrogen) atoms. The lowest BCUT2D eigenvalue weighted by atomic mass is 9.92. The fraction of sp³-hybridized carbons (Fsp3) is 1.00. The molecule has 0 aromatic rings. The molecule has 2 nitrogen and oxygen atoms in total. The van der Waals surface area contributed by atoms with Gasteiger partial charge in [-0.25, -0.2) is 0 Å². The largest absolute Gasteiger partial charge is 0.396 e. The standard InChI is InChI=1S/C8H15NO/c10-6-8-5-9-3-1-2-7(8)4-9/h7-8,10H,1-6H2. The molecule has 0 amide bonds. The molecule has 0 aromatic carbocycles. The Balaban J connectivity index is 2.01. The second kappa shape index (κ2) is 2.51. The van der Waals surface area contributed by atoms with Crippen LogP contribution in [-0.2, 0) is 0 Å². The van der Waals surface area contributed by atoms with Crippen LogP contribution in [-0.4, -0.2) is 36.2 Å². The number of hydrogen-bond acceptors (Lipinski definition) is 2. The fourth-order valence-corrected chi connectivity index (χ4v) is 2.33. The Labute approximate surface area is 61.8 Å². The van der Waals surface area contributed by atoms with Crippen molar-refractivity contribution in [2.24, 2.45) is 11.8 Å². The summed E-state index contributed by atoms with van der Waals surface area (Å²) in [5.74, 6) is 1.42. The zero-order chi connectivity index (χ0) is 6.97. The van der Waals surface area contributed by atoms with Gasteiger partial charge in [-0.2, -0.15) is 0 Å². The molecule has 2 fully saturated rings. The summed E-state index contributed by atoms with van der Waals surface area (Å²) in [7, 11) is 0. The van der Waals surface area contributed by atoms with Gasteiger partial charge in [0.15, 0.2) is 0 Å². The first-order valence-corrected chi connectivity index (χ1v) is 4.23. The van der Waals surface area contributed by atoms with Gasteiger partial charge in [-0.1, -0.05) is 0 Å². The van der Waals surface area contributed by atoms with Gasteiger partial charge in [0.1, 0.15) is 0 Å². The summed E-state index contributed by atoms with van der Waals surface area (Å²) in [6, 6.07) is 0. The Hall–Kier alpha value is -0.0800. The molecule has 2 aliphatic heterocycles. The van der Waals surface area contributed by atoms with E-state index in [1.165, 1.54) is 25.9 Å². The second-order valence-electron chi connectivity index (χ2n) is 3.60. The van der Waals surface area contributed by atoms with Crippen molar-refractivity contribution in [2.45, 2.75) is 12.8 Å². The van der Waals surface area contributed by atoms with Crippen molar-refractivity contribution in [3.8, 4) is 0 Å². The average Bonchev–Trinajstić information content (AvgIpc) is 2.26. The summed E-state index contributed by atoms with van der Waals surface area (Å²) in [5.41, 5.74) is 0. The van der Waals surface area contributed by atoms with Crippen molar-refractivity contribution in [3.63, 3.8) is 0 Å². The maximum Gasteiger partial charge on any atom is 0.0474 e. The Bertz CT molecular complexity index is 126. The monoisotopic (exact) mass is 141 g/mol. The molecule has 0 saturated carbocycles. The van der Waals surface area contributed by atoms with E-state index >= 15 is 0 Å². The average molecular weight is 141 g/mol. The van der Waals surface area contributed by atoms with E-state index in [4.69, 9.17) is 5.11 Å². The second-order valence-corrected chi connectivity index (χ2v) is 3.60. The normalized spacial score (nSPS) is 45.9. The molecule has 3 unspecified atom stereocenters. The lowest BCUT2D eigenvalue weighted by molar-refractivity contribution is 0.202. The first-order chi connectivity index (χ1) is 4.90. The molecule has 2 rings (SSSR count). The number of nitrogens with zero attached hydrogens (tertiary/aromatic N) is 1. The van der Waals surface area contributed by atoms with Gasteiger partial charge < -0.3 is 10.0 Å². The van der Waals surface area contributed by atoms with E-state index in [1.807, 2.05) is 0 Å². The molecular weight excluding hydrogens is 126 g/mol. The van der Waals surface area contributed by atoms with E-state index in [0.717, 1.165) is 12.5 Å². The number of rotatable bonds is 1. The molecule has 2 heterocycles. The zero-order valence-corrected chi connectivity index (χ0v) is 6.29. The predicted octanol–water partition coefficient (Wildman–Crippen LogP) is 0.320. The Morgan fingerprint density at radius 1 is 1.40 bits per heavy atom. The molecule has 0 aliphatic carbocycles. The van der Waals surface area contributed by atoms with Crippen LogP contribution < -0.4 is 0 Å². The predicted molar refractivity (Wildman–Crippen MR) is 39.7 cm³/mol. The van der Waals surface area contributed by atoms with E-state index in [1.54, 1.807) is 0 Å². The molecule has 0 radical (unpaired) electrons. The van der Waals surface area contributed by atoms with Crippen molar-refractivity contribution in [1.29, 1.82) is 0 Å². The highest BCUT2D eigenvalue weighted by Crippen LogP contribution is 2.31. The van der Waals surface area contributed by atoms with Crippen molar-refractivity contribution >= 4 is 0 Å². The Morgan fingerprint density at radius 3 is 3.00 bits per heavy atom. The van der Waals surface area contributed by atoms with Crippen LogP contribution in [0.4, 0.5) is 0 Å². The third kappa shape index (κ3) is 0.956. The molecule has 2 aliphatic rings. The van der Waals surface area contributed by atoms with Crippen molar-refractivity contribution < 1.29 is 5.11 Å². The summed E-state index contributed by atoms with van der Waals surface area (Å²) in [4.78, 5) is 2.48. The van der Waals surface area contributed by atoms with Gasteiger partial charge in [0.2, 0.25) is 0 Å². The topological polar surface area (TPSA) is 23.5 Å². The van der Waals surface area contributed by atoms with E-state index in [9.17, 15) is 0 Å². The quantitative estimate of drug-likeness (QED) is 0.568. The van der Waals surface area contributed by atoms with Crippen LogP contribution in [0, 0.1) is 11.8 Å². The minimum Gasteiger partial charge on any atom is -0.396 e. The third-order valence-corrected chi connectivity index (χ3v) is 2.94. The molecule has 3 atom stereocenters. The van der Waals surface area contributed by atoms with Gasteiger partial charge in [0.25, 0.3) is 0 Å². The minimum absolute atomic E-state index is 0.404. The van der Waals surface area contributed by atoms with Gasteiger partial charge in [0.05, 0.1) is 0 Å². The Kier molecular flexibility index (Phi) is 1.66. The fourth-order valence-electron chi connectivity index (χ4n) is 2.33. The van der Waals surface area contributed by atoms with Crippen LogP contribution in [0.5, 0.6) is 0 Å². The van der Waals surface area contributed by atoms with Gasteiger partial charge in [-0.3, -0.25) is 0 Å². The lowest BCUT2D eigenvalue weighted by Crippen LogP contribution is -2.25. The maximum atomic E-state index is 8.99. The highest BCUT2D eigenvalue weighted by Gasteiger charge is 2.34. The molecule has 58 valence electrons. The van der Waals surface area contributed by atoms with Gasteiger partial charge >= 0.3 is 0 Å². The number of hydrogen-bond donors (Lipinski definition) is 1. The number of aliphatic hydroxyl groups excluding tert-OH is 1. The van der Waals surface area contributed by atoms with Gasteiger partial charge in [0, 0.05) is 19.7 Å². The third-order valence-electron chi connectivity index (χ3n) is 2.94. The lowest BCUT2D eigenvalue weighted by Gasteiger charge is -2.21. The number of piperidine rings is 1. The molecular formula is C8H15NO. The molecule has 2 saturated heterocycles. The van der Waals surface area contributed by atoms with Crippen molar-refractivity contribution in [3.05, 3.63) is 0 Å². The van der Waals surface area contributed by atoms with Gasteiger partial charge in [-0.05, 0) is 31.2 Å². The Morgan fingerprint density at radius 2 is 2.30 bits per heavy atom. The highest BCUT2D eigenvalue weighted by molar-refractivity contribution is 4.87. The van der Waals surface area contributed by atoms with E-state index in [-0.39, 0.29) is 0 Å². The van der Waals surface area contributed by atoms with Crippen LogP contribution in [0.1, 0.15) is 12.8 Å². The summed E-state index contributed by atoms with van der Waals surface area (Å²) >= 11 is 0. The van der Waals surface area contributed by atoms with Gasteiger partial charge in [-0.15, -0.1) is 0 Å². The van der Waals surface area contributed by atoms with E-state index in [2.05, 4.69) is 4.90 Å². The van der Waals surface area contributed by atoms with Crippen molar-refractivity contribution in [2.75, 3.05) is 26.2 Å². The summed E-state index contributed by atoms with van der Waals surface area (Å²) in [5, 5.41) is 8.99. The van der Waals surface area contributed by atoms with E-state index < -0.39 is 0 Å². The first-order valence-electron chi connectivity index (χ1n) is 4.23. The molecule has 2 bridgehead atoms. The smallest absolute Gasteiger partial charge is 0.0474 e. The molecule has 0 aromatic heterocycles. The van der Waals surface area contributed by atoms with Crippen LogP contribution in [0.3, 0.4) is 0 Å². The molecule has 2 heteroatoms. The summed E-state index contributed by atoms with van der Waals surface area (Å²) < 4.78 is 0. The van der Waals surface area contributed by atoms with Crippen LogP contribution in [0.25, 0.3) is 0 Å². The maximum absolute atomic E-state index is 8.99. The van der Waals surface area contributed by atoms with Crippen LogP contribution in [0.2, 0.25) is 0 Å². The minimum atomic E-state index is 0.404.